The third-order valence-electron chi connectivity index (χ3n) is 5.82. The molecule has 2 fully saturated rings. The van der Waals surface area contributed by atoms with Crippen LogP contribution in [0.25, 0.3) is 0 Å². The first-order valence-corrected chi connectivity index (χ1v) is 9.93. The van der Waals surface area contributed by atoms with Crippen LogP contribution in [0, 0.1) is 5.41 Å². The molecule has 6 nitrogen and oxygen atoms in total. The SMILES string of the molecule is Nc1nc(N2CCC3(CCC3N)CC2)cnc1Sc1cccnc1C(F)(F)F. The summed E-state index contributed by atoms with van der Waals surface area (Å²) < 4.78 is 39.4. The zero-order chi connectivity index (χ0) is 19.9. The Hall–Kier alpha value is -2.07. The van der Waals surface area contributed by atoms with Gasteiger partial charge in [0.25, 0.3) is 0 Å². The molecule has 0 bridgehead atoms. The molecule has 0 radical (unpaired) electrons. The molecule has 4 N–H and O–H groups in total. The Balaban J connectivity index is 1.49. The Morgan fingerprint density at radius 3 is 2.50 bits per heavy atom. The van der Waals surface area contributed by atoms with E-state index in [2.05, 4.69) is 19.9 Å². The van der Waals surface area contributed by atoms with Crippen molar-refractivity contribution < 1.29 is 13.2 Å². The second kappa shape index (κ2) is 7.07. The largest absolute Gasteiger partial charge is 0.434 e. The molecule has 2 aromatic heterocycles. The molecule has 1 aliphatic heterocycles. The predicted molar refractivity (Wildman–Crippen MR) is 101 cm³/mol. The quantitative estimate of drug-likeness (QED) is 0.801. The molecule has 2 aliphatic rings. The standard InChI is InChI=1S/C18H21F3N6S/c19-18(20,21)14-11(2-1-7-24-14)28-16-15(23)26-13(10-25-16)27-8-5-17(6-9-27)4-3-12(17)22/h1-2,7,10,12H,3-6,8-9,22H2,(H2,23,26). The molecular weight excluding hydrogens is 389 g/mol. The second-order valence-corrected chi connectivity index (χ2v) is 8.39. The van der Waals surface area contributed by atoms with E-state index in [1.165, 1.54) is 18.6 Å². The van der Waals surface area contributed by atoms with Crippen LogP contribution in [0.15, 0.2) is 34.4 Å². The molecule has 1 atom stereocenters. The molecule has 1 spiro atoms. The molecule has 1 aliphatic carbocycles. The van der Waals surface area contributed by atoms with Gasteiger partial charge in [-0.3, -0.25) is 4.98 Å². The third-order valence-corrected chi connectivity index (χ3v) is 6.88. The van der Waals surface area contributed by atoms with Crippen molar-refractivity contribution in [2.45, 2.75) is 47.8 Å². The van der Waals surface area contributed by atoms with Crippen molar-refractivity contribution in [2.24, 2.45) is 11.1 Å². The van der Waals surface area contributed by atoms with E-state index >= 15 is 0 Å². The minimum atomic E-state index is -4.54. The van der Waals surface area contributed by atoms with Gasteiger partial charge in [-0.25, -0.2) is 9.97 Å². The normalized spacial score (nSPS) is 21.6. The van der Waals surface area contributed by atoms with Gasteiger partial charge in [0, 0.05) is 30.2 Å². The van der Waals surface area contributed by atoms with E-state index in [1.807, 2.05) is 0 Å². The highest BCUT2D eigenvalue weighted by Crippen LogP contribution is 2.48. The number of nitrogen functional groups attached to an aromatic ring is 1. The van der Waals surface area contributed by atoms with Gasteiger partial charge in [-0.2, -0.15) is 13.2 Å². The van der Waals surface area contributed by atoms with Crippen LogP contribution in [0.1, 0.15) is 31.4 Å². The lowest BCUT2D eigenvalue weighted by atomic mass is 9.60. The van der Waals surface area contributed by atoms with Crippen molar-refractivity contribution in [1.29, 1.82) is 0 Å². The summed E-state index contributed by atoms with van der Waals surface area (Å²) in [4.78, 5) is 14.2. The van der Waals surface area contributed by atoms with Crippen LogP contribution in [0.3, 0.4) is 0 Å². The third kappa shape index (κ3) is 3.50. The van der Waals surface area contributed by atoms with Crippen molar-refractivity contribution in [3.8, 4) is 0 Å². The summed E-state index contributed by atoms with van der Waals surface area (Å²) >= 11 is 0.820. The highest BCUT2D eigenvalue weighted by Gasteiger charge is 2.46. The van der Waals surface area contributed by atoms with E-state index in [4.69, 9.17) is 11.5 Å². The van der Waals surface area contributed by atoms with Gasteiger partial charge in [-0.05, 0) is 43.2 Å². The maximum atomic E-state index is 13.1. The first kappa shape index (κ1) is 19.3. The first-order chi connectivity index (χ1) is 13.3. The summed E-state index contributed by atoms with van der Waals surface area (Å²) in [7, 11) is 0. The molecule has 1 unspecified atom stereocenters. The van der Waals surface area contributed by atoms with E-state index in [9.17, 15) is 13.2 Å². The number of piperidine rings is 1. The molecule has 10 heteroatoms. The zero-order valence-electron chi connectivity index (χ0n) is 15.1. The van der Waals surface area contributed by atoms with Gasteiger partial charge in [0.05, 0.1) is 6.20 Å². The van der Waals surface area contributed by atoms with Crippen LogP contribution >= 0.6 is 11.8 Å². The lowest BCUT2D eigenvalue weighted by molar-refractivity contribution is -0.143. The lowest BCUT2D eigenvalue weighted by Gasteiger charge is -2.52. The summed E-state index contributed by atoms with van der Waals surface area (Å²) in [6.45, 7) is 1.66. The summed E-state index contributed by atoms with van der Waals surface area (Å²) in [5.41, 5.74) is 11.5. The van der Waals surface area contributed by atoms with E-state index in [-0.39, 0.29) is 27.2 Å². The molecule has 0 amide bonds. The van der Waals surface area contributed by atoms with Crippen molar-refractivity contribution in [2.75, 3.05) is 23.7 Å². The Kier molecular flexibility index (Phi) is 4.86. The van der Waals surface area contributed by atoms with Gasteiger partial charge >= 0.3 is 6.18 Å². The molecule has 28 heavy (non-hydrogen) atoms. The maximum Gasteiger partial charge on any atom is 0.434 e. The monoisotopic (exact) mass is 410 g/mol. The smallest absolute Gasteiger partial charge is 0.381 e. The summed E-state index contributed by atoms with van der Waals surface area (Å²) in [5, 5.41) is 0.233. The van der Waals surface area contributed by atoms with Crippen LogP contribution in [-0.2, 0) is 6.18 Å². The highest BCUT2D eigenvalue weighted by molar-refractivity contribution is 7.99. The summed E-state index contributed by atoms with van der Waals surface area (Å²) in [6, 6.07) is 3.08. The van der Waals surface area contributed by atoms with Gasteiger partial charge in [0.2, 0.25) is 0 Å². The lowest BCUT2D eigenvalue weighted by Crippen LogP contribution is -2.56. The Morgan fingerprint density at radius 1 is 1.18 bits per heavy atom. The van der Waals surface area contributed by atoms with Crippen LogP contribution in [-0.4, -0.2) is 34.1 Å². The molecule has 1 saturated carbocycles. The minimum absolute atomic E-state index is 0.0531. The molecular formula is C18H21F3N6S. The number of pyridine rings is 1. The molecule has 150 valence electrons. The van der Waals surface area contributed by atoms with Gasteiger partial charge < -0.3 is 16.4 Å². The number of alkyl halides is 3. The summed E-state index contributed by atoms with van der Waals surface area (Å²) in [5.74, 6) is 0.756. The molecule has 3 heterocycles. The topological polar surface area (TPSA) is 94.0 Å². The zero-order valence-corrected chi connectivity index (χ0v) is 15.9. The van der Waals surface area contributed by atoms with Crippen LogP contribution in [0.2, 0.25) is 0 Å². The van der Waals surface area contributed by atoms with Crippen molar-refractivity contribution in [1.82, 2.24) is 15.0 Å². The number of anilines is 2. The number of hydrogen-bond donors (Lipinski definition) is 2. The molecule has 2 aromatic rings. The number of hydrogen-bond acceptors (Lipinski definition) is 7. The Morgan fingerprint density at radius 2 is 1.93 bits per heavy atom. The first-order valence-electron chi connectivity index (χ1n) is 9.12. The number of nitrogens with zero attached hydrogens (tertiary/aromatic N) is 4. The number of rotatable bonds is 3. The average molecular weight is 410 g/mol. The summed E-state index contributed by atoms with van der Waals surface area (Å²) in [6.07, 6.45) is 2.43. The fourth-order valence-corrected chi connectivity index (χ4v) is 4.80. The van der Waals surface area contributed by atoms with Crippen LogP contribution in [0.5, 0.6) is 0 Å². The number of nitrogens with two attached hydrogens (primary N) is 2. The fraction of sp³-hybridized carbons (Fsp3) is 0.500. The molecule has 0 aromatic carbocycles. The van der Waals surface area contributed by atoms with Crippen molar-refractivity contribution in [3.05, 3.63) is 30.2 Å². The van der Waals surface area contributed by atoms with E-state index in [0.717, 1.165) is 50.3 Å². The fourth-order valence-electron chi connectivity index (χ4n) is 3.92. The second-order valence-electron chi connectivity index (χ2n) is 7.36. The Labute approximate surface area is 164 Å². The van der Waals surface area contributed by atoms with Gasteiger partial charge in [0.1, 0.15) is 10.8 Å². The van der Waals surface area contributed by atoms with E-state index < -0.39 is 11.9 Å². The Bertz CT molecular complexity index is 867. The maximum absolute atomic E-state index is 13.1. The van der Waals surface area contributed by atoms with Gasteiger partial charge in [-0.1, -0.05) is 11.8 Å². The van der Waals surface area contributed by atoms with Gasteiger partial charge in [0.15, 0.2) is 11.5 Å². The molecule has 1 saturated heterocycles. The van der Waals surface area contributed by atoms with Gasteiger partial charge in [-0.15, -0.1) is 0 Å². The number of aromatic nitrogens is 3. The van der Waals surface area contributed by atoms with E-state index in [1.54, 1.807) is 6.20 Å². The van der Waals surface area contributed by atoms with Crippen molar-refractivity contribution in [3.63, 3.8) is 0 Å². The minimum Gasteiger partial charge on any atom is -0.381 e. The predicted octanol–water partition coefficient (Wildman–Crippen LogP) is 3.33. The average Bonchev–Trinajstić information content (AvgIpc) is 2.68. The highest BCUT2D eigenvalue weighted by atomic mass is 32.2. The van der Waals surface area contributed by atoms with Crippen LogP contribution in [0.4, 0.5) is 24.8 Å². The molecule has 4 rings (SSSR count). The number of halogens is 3. The van der Waals surface area contributed by atoms with Crippen molar-refractivity contribution >= 4 is 23.4 Å². The van der Waals surface area contributed by atoms with E-state index in [0.29, 0.717) is 5.82 Å². The van der Waals surface area contributed by atoms with Crippen LogP contribution < -0.4 is 16.4 Å².